The Kier molecular flexibility index (Phi) is 4.74. The third kappa shape index (κ3) is 3.92. The van der Waals surface area contributed by atoms with Crippen LogP contribution in [0, 0.1) is 6.92 Å². The molecule has 2 rings (SSSR count). The number of aromatic nitrogens is 2. The molecule has 2 N–H and O–H groups in total. The molecular weight excluding hydrogens is 306 g/mol. The minimum atomic E-state index is -0.0115. The zero-order valence-corrected chi connectivity index (χ0v) is 12.3. The molecule has 0 bridgehead atoms. The van der Waals surface area contributed by atoms with Crippen molar-refractivity contribution in [2.75, 3.05) is 6.54 Å². The number of carbonyl (C=O) groups is 1. The number of carbonyl (C=O) groups excluding carboxylic acids is 1. The summed E-state index contributed by atoms with van der Waals surface area (Å²) >= 11 is 3.51. The van der Waals surface area contributed by atoms with Crippen molar-refractivity contribution in [2.45, 2.75) is 19.8 Å². The summed E-state index contributed by atoms with van der Waals surface area (Å²) < 4.78 is 1.10. The van der Waals surface area contributed by atoms with Gasteiger partial charge in [-0.15, -0.1) is 0 Å². The molecule has 0 aliphatic rings. The Labute approximate surface area is 120 Å². The van der Waals surface area contributed by atoms with Crippen LogP contribution in [0.4, 0.5) is 0 Å². The summed E-state index contributed by atoms with van der Waals surface area (Å²) in [5.74, 6) is 0.679. The number of nitrogens with zero attached hydrogens (tertiary/aromatic N) is 1. The van der Waals surface area contributed by atoms with Gasteiger partial charge in [-0.3, -0.25) is 4.79 Å². The number of halogens is 1. The monoisotopic (exact) mass is 321 g/mol. The van der Waals surface area contributed by atoms with Crippen LogP contribution in [0.15, 0.2) is 35.1 Å². The van der Waals surface area contributed by atoms with Crippen LogP contribution in [-0.2, 0) is 17.6 Å². The van der Waals surface area contributed by atoms with Crippen LogP contribution in [0.2, 0.25) is 0 Å². The van der Waals surface area contributed by atoms with Gasteiger partial charge in [-0.2, -0.15) is 0 Å². The first-order valence-corrected chi connectivity index (χ1v) is 6.95. The Hall–Kier alpha value is -1.62. The number of aromatic amines is 1. The first-order valence-electron chi connectivity index (χ1n) is 6.16. The molecule has 0 radical (unpaired) electrons. The minimum absolute atomic E-state index is 0.0115. The summed E-state index contributed by atoms with van der Waals surface area (Å²) in [6, 6.07) is 6.12. The fourth-order valence-corrected chi connectivity index (χ4v) is 2.28. The topological polar surface area (TPSA) is 57.8 Å². The molecule has 4 nitrogen and oxygen atoms in total. The van der Waals surface area contributed by atoms with Crippen LogP contribution < -0.4 is 5.32 Å². The van der Waals surface area contributed by atoms with E-state index in [1.54, 1.807) is 12.4 Å². The average Bonchev–Trinajstić information content (AvgIpc) is 2.87. The van der Waals surface area contributed by atoms with Crippen molar-refractivity contribution >= 4 is 21.8 Å². The van der Waals surface area contributed by atoms with E-state index in [1.165, 1.54) is 11.1 Å². The Bertz CT molecular complexity index is 552. The van der Waals surface area contributed by atoms with Gasteiger partial charge in [0.05, 0.1) is 6.42 Å². The molecule has 0 atom stereocenters. The summed E-state index contributed by atoms with van der Waals surface area (Å²) in [5, 5.41) is 2.90. The zero-order chi connectivity index (χ0) is 13.7. The highest BCUT2D eigenvalue weighted by Gasteiger charge is 2.06. The van der Waals surface area contributed by atoms with Gasteiger partial charge in [0, 0.05) is 23.4 Å². The van der Waals surface area contributed by atoms with Crippen molar-refractivity contribution in [3.05, 3.63) is 52.0 Å². The molecule has 0 fully saturated rings. The average molecular weight is 322 g/mol. The second kappa shape index (κ2) is 6.52. The van der Waals surface area contributed by atoms with Crippen LogP contribution in [-0.4, -0.2) is 22.4 Å². The number of hydrogen-bond acceptors (Lipinski definition) is 2. The van der Waals surface area contributed by atoms with Gasteiger partial charge in [0.1, 0.15) is 5.82 Å². The van der Waals surface area contributed by atoms with E-state index < -0.39 is 0 Å². The molecule has 1 aromatic heterocycles. The van der Waals surface area contributed by atoms with Gasteiger partial charge in [0.15, 0.2) is 0 Å². The van der Waals surface area contributed by atoms with Crippen LogP contribution >= 0.6 is 15.9 Å². The van der Waals surface area contributed by atoms with Gasteiger partial charge < -0.3 is 10.3 Å². The van der Waals surface area contributed by atoms with Gasteiger partial charge in [0.2, 0.25) is 5.91 Å². The van der Waals surface area contributed by atoms with E-state index in [1.807, 2.05) is 12.1 Å². The fourth-order valence-electron chi connectivity index (χ4n) is 1.87. The Balaban J connectivity index is 1.80. The Morgan fingerprint density at radius 1 is 1.47 bits per heavy atom. The van der Waals surface area contributed by atoms with Crippen LogP contribution in [0.5, 0.6) is 0 Å². The first kappa shape index (κ1) is 13.8. The molecular formula is C14H16BrN3O. The molecule has 2 aromatic rings. The number of imidazole rings is 1. The second-order valence-electron chi connectivity index (χ2n) is 4.34. The molecule has 0 unspecified atom stereocenters. The smallest absolute Gasteiger partial charge is 0.227 e. The normalized spacial score (nSPS) is 10.4. The van der Waals surface area contributed by atoms with Gasteiger partial charge in [-0.05, 0) is 30.5 Å². The van der Waals surface area contributed by atoms with E-state index in [0.29, 0.717) is 18.8 Å². The quantitative estimate of drug-likeness (QED) is 0.888. The van der Waals surface area contributed by atoms with Crippen LogP contribution in [0.1, 0.15) is 17.0 Å². The van der Waals surface area contributed by atoms with Crippen molar-refractivity contribution in [3.8, 4) is 0 Å². The summed E-state index contributed by atoms with van der Waals surface area (Å²) in [4.78, 5) is 18.6. The van der Waals surface area contributed by atoms with E-state index in [4.69, 9.17) is 0 Å². The largest absolute Gasteiger partial charge is 0.355 e. The first-order chi connectivity index (χ1) is 9.16. The molecule has 0 aliphatic heterocycles. The van der Waals surface area contributed by atoms with Crippen LogP contribution in [0.3, 0.4) is 0 Å². The molecule has 0 aliphatic carbocycles. The molecule has 0 saturated carbocycles. The van der Waals surface area contributed by atoms with Crippen molar-refractivity contribution in [3.63, 3.8) is 0 Å². The summed E-state index contributed by atoms with van der Waals surface area (Å²) in [6.45, 7) is 2.71. The van der Waals surface area contributed by atoms with E-state index in [0.717, 1.165) is 10.9 Å². The molecule has 19 heavy (non-hydrogen) atoms. The summed E-state index contributed by atoms with van der Waals surface area (Å²) in [7, 11) is 0. The van der Waals surface area contributed by atoms with Crippen molar-refractivity contribution in [1.29, 1.82) is 0 Å². The van der Waals surface area contributed by atoms with E-state index >= 15 is 0 Å². The number of rotatable bonds is 5. The van der Waals surface area contributed by atoms with Crippen molar-refractivity contribution in [2.24, 2.45) is 0 Å². The lowest BCUT2D eigenvalue weighted by Gasteiger charge is -2.08. The maximum absolute atomic E-state index is 11.7. The lowest BCUT2D eigenvalue weighted by molar-refractivity contribution is -0.120. The third-order valence-electron chi connectivity index (χ3n) is 2.98. The maximum atomic E-state index is 11.7. The predicted molar refractivity (Wildman–Crippen MR) is 77.9 cm³/mol. The van der Waals surface area contributed by atoms with Crippen molar-refractivity contribution < 1.29 is 4.79 Å². The summed E-state index contributed by atoms with van der Waals surface area (Å²) in [6.07, 6.45) is 4.49. The zero-order valence-electron chi connectivity index (χ0n) is 10.7. The number of amides is 1. The molecule has 0 spiro atoms. The molecule has 1 heterocycles. The molecule has 5 heteroatoms. The lowest BCUT2D eigenvalue weighted by atomic mass is 10.1. The highest BCUT2D eigenvalue weighted by Crippen LogP contribution is 2.19. The Morgan fingerprint density at radius 3 is 3.05 bits per heavy atom. The minimum Gasteiger partial charge on any atom is -0.355 e. The number of hydrogen-bond donors (Lipinski definition) is 2. The lowest BCUT2D eigenvalue weighted by Crippen LogP contribution is -2.27. The number of benzene rings is 1. The van der Waals surface area contributed by atoms with E-state index in [2.05, 4.69) is 44.2 Å². The molecule has 100 valence electrons. The van der Waals surface area contributed by atoms with E-state index in [9.17, 15) is 4.79 Å². The van der Waals surface area contributed by atoms with E-state index in [-0.39, 0.29) is 5.91 Å². The van der Waals surface area contributed by atoms with Gasteiger partial charge in [-0.1, -0.05) is 28.1 Å². The highest BCUT2D eigenvalue weighted by molar-refractivity contribution is 9.10. The maximum Gasteiger partial charge on any atom is 0.227 e. The number of nitrogens with one attached hydrogen (secondary N) is 2. The van der Waals surface area contributed by atoms with Gasteiger partial charge in [-0.25, -0.2) is 4.98 Å². The predicted octanol–water partition coefficient (Wildman–Crippen LogP) is 2.38. The van der Waals surface area contributed by atoms with Gasteiger partial charge in [0.25, 0.3) is 0 Å². The standard InChI is InChI=1S/C14H16BrN3O/c1-10-11(3-2-4-12(10)15)5-6-18-14(19)9-13-16-7-8-17-13/h2-4,7-8H,5-6,9H2,1H3,(H,16,17)(H,18,19). The fraction of sp³-hybridized carbons (Fsp3) is 0.286. The molecule has 1 amide bonds. The Morgan fingerprint density at radius 2 is 2.32 bits per heavy atom. The summed E-state index contributed by atoms with van der Waals surface area (Å²) in [5.41, 5.74) is 2.47. The molecule has 0 saturated heterocycles. The second-order valence-corrected chi connectivity index (χ2v) is 5.19. The third-order valence-corrected chi connectivity index (χ3v) is 3.84. The number of H-pyrrole nitrogens is 1. The van der Waals surface area contributed by atoms with Gasteiger partial charge >= 0.3 is 0 Å². The highest BCUT2D eigenvalue weighted by atomic mass is 79.9. The van der Waals surface area contributed by atoms with Crippen molar-refractivity contribution in [1.82, 2.24) is 15.3 Å². The van der Waals surface area contributed by atoms with Crippen LogP contribution in [0.25, 0.3) is 0 Å². The molecule has 1 aromatic carbocycles. The SMILES string of the molecule is Cc1c(Br)cccc1CCNC(=O)Cc1ncc[nH]1.